The highest BCUT2D eigenvalue weighted by Gasteiger charge is 2.20. The van der Waals surface area contributed by atoms with E-state index >= 15 is 0 Å². The van der Waals surface area contributed by atoms with E-state index in [0.29, 0.717) is 5.92 Å². The summed E-state index contributed by atoms with van der Waals surface area (Å²) in [7, 11) is 0. The van der Waals surface area contributed by atoms with Crippen molar-refractivity contribution in [2.45, 2.75) is 53.9 Å². The van der Waals surface area contributed by atoms with E-state index in [0.717, 1.165) is 17.6 Å². The maximum Gasteiger partial charge on any atom is 0.0328 e. The first-order valence-corrected chi connectivity index (χ1v) is 15.0. The third kappa shape index (κ3) is 5.24. The molecule has 1 atom stereocenters. The molecule has 0 nitrogen and oxygen atoms in total. The van der Waals surface area contributed by atoms with Gasteiger partial charge in [-0.25, -0.2) is 0 Å². The number of aryl methyl sites for hydroxylation is 4. The van der Waals surface area contributed by atoms with Crippen molar-refractivity contribution < 1.29 is 0 Å². The van der Waals surface area contributed by atoms with E-state index in [4.69, 9.17) is 0 Å². The third-order valence-electron chi connectivity index (χ3n) is 8.95. The third-order valence-corrected chi connectivity index (χ3v) is 8.95. The summed E-state index contributed by atoms with van der Waals surface area (Å²) in [5, 5.41) is 0. The molecule has 6 rings (SSSR count). The fourth-order valence-electron chi connectivity index (χ4n) is 6.29. The van der Waals surface area contributed by atoms with Gasteiger partial charge in [0.15, 0.2) is 0 Å². The fourth-order valence-corrected chi connectivity index (χ4v) is 6.29. The Bertz CT molecular complexity index is 1920. The van der Waals surface area contributed by atoms with Gasteiger partial charge in [-0.1, -0.05) is 102 Å². The van der Waals surface area contributed by atoms with Gasteiger partial charge >= 0.3 is 0 Å². The van der Waals surface area contributed by atoms with Gasteiger partial charge in [-0.2, -0.15) is 0 Å². The predicted molar refractivity (Wildman–Crippen MR) is 180 cm³/mol. The first-order chi connectivity index (χ1) is 20.3. The largest absolute Gasteiger partial charge is 0.0801 e. The lowest BCUT2D eigenvalue weighted by Crippen LogP contribution is -2.04. The van der Waals surface area contributed by atoms with Crippen molar-refractivity contribution in [2.75, 3.05) is 0 Å². The highest BCUT2D eigenvalue weighted by molar-refractivity contribution is 5.93. The van der Waals surface area contributed by atoms with Gasteiger partial charge in [0.25, 0.3) is 0 Å². The summed E-state index contributed by atoms with van der Waals surface area (Å²) < 4.78 is 0. The van der Waals surface area contributed by atoms with Crippen molar-refractivity contribution in [1.82, 2.24) is 0 Å². The fraction of sp³-hybridized carbons (Fsp3) is 0.190. The maximum atomic E-state index is 3.47. The van der Waals surface area contributed by atoms with Gasteiger partial charge in [0, 0.05) is 17.1 Å². The monoisotopic (exact) mass is 542 g/mol. The van der Waals surface area contributed by atoms with E-state index in [9.17, 15) is 0 Å². The van der Waals surface area contributed by atoms with Crippen LogP contribution in [0.5, 0.6) is 0 Å². The Kier molecular flexibility index (Phi) is 7.45. The van der Waals surface area contributed by atoms with Crippen LogP contribution in [0.4, 0.5) is 0 Å². The molecule has 206 valence electrons. The maximum absolute atomic E-state index is 3.47. The minimum Gasteiger partial charge on any atom is -0.0801 e. The van der Waals surface area contributed by atoms with Crippen molar-refractivity contribution in [3.8, 4) is 11.1 Å². The molecule has 0 aliphatic heterocycles. The molecular weight excluding hydrogens is 504 g/mol. The van der Waals surface area contributed by atoms with Crippen LogP contribution in [-0.4, -0.2) is 0 Å². The Morgan fingerprint density at radius 3 is 1.95 bits per heavy atom. The first kappa shape index (κ1) is 27.6. The Labute approximate surface area is 251 Å². The molecule has 0 aromatic heterocycles. The molecule has 0 bridgehead atoms. The average Bonchev–Trinajstić information content (AvgIpc) is 2.99. The quantitative estimate of drug-likeness (QED) is 0.220. The molecule has 4 aromatic carbocycles. The standard InChI is InChI=1S/C42H38/c1-27-11-7-9-13-37(27)39-23-33(19-15-29(39)3)35-21-17-31(5)41(25-35)42-26-36(22-18-32(42)6)34-20-16-30(4)40(24-34)38-14-10-8-12-28(38)2/h7-17,20-21,23-26,33H,19H2,1-6H3. The van der Waals surface area contributed by atoms with E-state index in [1.807, 2.05) is 0 Å². The summed E-state index contributed by atoms with van der Waals surface area (Å²) >= 11 is 0. The predicted octanol–water partition coefficient (Wildman–Crippen LogP) is 11.3. The molecule has 0 spiro atoms. The summed E-state index contributed by atoms with van der Waals surface area (Å²) in [4.78, 5) is 0. The molecule has 0 saturated heterocycles. The Hall–Kier alpha value is -4.60. The molecule has 0 fully saturated rings. The van der Waals surface area contributed by atoms with Gasteiger partial charge < -0.3 is 0 Å². The van der Waals surface area contributed by atoms with E-state index in [2.05, 4.69) is 156 Å². The summed E-state index contributed by atoms with van der Waals surface area (Å²) in [6, 6.07) is 31.1. The minimum atomic E-state index is 0.343. The van der Waals surface area contributed by atoms with Gasteiger partial charge in [-0.15, -0.1) is 0 Å². The second-order valence-corrected chi connectivity index (χ2v) is 11.9. The summed E-state index contributed by atoms with van der Waals surface area (Å²) in [5.74, 6) is 0.343. The van der Waals surface area contributed by atoms with Crippen molar-refractivity contribution in [3.05, 3.63) is 170 Å². The first-order valence-electron chi connectivity index (χ1n) is 15.0. The summed E-state index contributed by atoms with van der Waals surface area (Å²) in [6.07, 6.45) is 8.22. The van der Waals surface area contributed by atoms with Gasteiger partial charge in [0.2, 0.25) is 0 Å². The van der Waals surface area contributed by atoms with Crippen molar-refractivity contribution >= 4 is 16.7 Å². The molecule has 0 amide bonds. The molecule has 4 aromatic rings. The topological polar surface area (TPSA) is 0 Å². The molecule has 0 N–H and O–H groups in total. The minimum absolute atomic E-state index is 0.343. The smallest absolute Gasteiger partial charge is 0.0328 e. The molecule has 0 saturated carbocycles. The van der Waals surface area contributed by atoms with Crippen LogP contribution in [0.15, 0.2) is 126 Å². The number of hydrogen-bond donors (Lipinski definition) is 0. The zero-order chi connectivity index (χ0) is 29.4. The molecular formula is C42H38. The number of benzene rings is 4. The lowest BCUT2D eigenvalue weighted by Gasteiger charge is -2.23. The Morgan fingerprint density at radius 2 is 1.21 bits per heavy atom. The lowest BCUT2D eigenvalue weighted by molar-refractivity contribution is 0.848. The second kappa shape index (κ2) is 11.3. The van der Waals surface area contributed by atoms with Crippen LogP contribution in [-0.2, 0) is 0 Å². The van der Waals surface area contributed by atoms with Gasteiger partial charge in [0.1, 0.15) is 0 Å². The molecule has 0 radical (unpaired) electrons. The van der Waals surface area contributed by atoms with Gasteiger partial charge in [-0.05, 0) is 132 Å². The van der Waals surface area contributed by atoms with Crippen LogP contribution in [0, 0.1) is 27.7 Å². The van der Waals surface area contributed by atoms with Gasteiger partial charge in [0.05, 0.1) is 0 Å². The summed E-state index contributed by atoms with van der Waals surface area (Å²) in [5.41, 5.74) is 26.0. The molecule has 0 heterocycles. The lowest BCUT2D eigenvalue weighted by atomic mass is 9.81. The highest BCUT2D eigenvalue weighted by Crippen LogP contribution is 2.39. The van der Waals surface area contributed by atoms with Gasteiger partial charge in [-0.3, -0.25) is 0 Å². The van der Waals surface area contributed by atoms with Crippen molar-refractivity contribution in [1.29, 1.82) is 0 Å². The number of allylic oxidation sites excluding steroid dienone is 8. The van der Waals surface area contributed by atoms with Crippen molar-refractivity contribution in [3.63, 3.8) is 0 Å². The van der Waals surface area contributed by atoms with Crippen LogP contribution in [0.3, 0.4) is 0 Å². The van der Waals surface area contributed by atoms with Crippen LogP contribution < -0.4 is 0 Å². The van der Waals surface area contributed by atoms with E-state index in [-0.39, 0.29) is 0 Å². The zero-order valence-corrected chi connectivity index (χ0v) is 25.6. The van der Waals surface area contributed by atoms with Crippen LogP contribution in [0.2, 0.25) is 0 Å². The van der Waals surface area contributed by atoms with Crippen LogP contribution in [0.25, 0.3) is 27.8 Å². The molecule has 2 aliphatic carbocycles. The SMILES string of the molecule is CC1=C=C=C(c2ccc(C)c(-c3ccccc3C)c2)C=C1c1cc(C2C=C(c3ccccc3C)C(C)=CC2)ccc1C. The van der Waals surface area contributed by atoms with E-state index in [1.54, 1.807) is 0 Å². The molecule has 2 aliphatic rings. The molecule has 1 unspecified atom stereocenters. The van der Waals surface area contributed by atoms with E-state index in [1.165, 1.54) is 72.4 Å². The normalized spacial score (nSPS) is 16.3. The second-order valence-electron chi connectivity index (χ2n) is 11.9. The van der Waals surface area contributed by atoms with Crippen LogP contribution in [0.1, 0.15) is 70.7 Å². The number of rotatable bonds is 5. The number of hydrogen-bond acceptors (Lipinski definition) is 0. The highest BCUT2D eigenvalue weighted by atomic mass is 14.2. The van der Waals surface area contributed by atoms with E-state index < -0.39 is 0 Å². The molecule has 0 heteroatoms. The summed E-state index contributed by atoms with van der Waals surface area (Å²) in [6.45, 7) is 13.2. The van der Waals surface area contributed by atoms with Crippen LogP contribution >= 0.6 is 0 Å². The molecule has 42 heavy (non-hydrogen) atoms. The average molecular weight is 543 g/mol. The zero-order valence-electron chi connectivity index (χ0n) is 25.6. The Morgan fingerprint density at radius 1 is 0.571 bits per heavy atom. The Balaban J connectivity index is 1.38. The van der Waals surface area contributed by atoms with Crippen molar-refractivity contribution in [2.24, 2.45) is 0 Å².